The number of aryl methyl sites for hydroxylation is 1. The Labute approximate surface area is 277 Å². The highest BCUT2D eigenvalue weighted by Crippen LogP contribution is 2.40. The van der Waals surface area contributed by atoms with Gasteiger partial charge in [0.15, 0.2) is 0 Å². The van der Waals surface area contributed by atoms with E-state index in [1.54, 1.807) is 24.1 Å². The van der Waals surface area contributed by atoms with Gasteiger partial charge in [-0.25, -0.2) is 9.18 Å². The number of methoxy groups -OCH3 is 1. The van der Waals surface area contributed by atoms with Crippen molar-refractivity contribution in [2.75, 3.05) is 26.8 Å². The van der Waals surface area contributed by atoms with Gasteiger partial charge in [0, 0.05) is 63.0 Å². The van der Waals surface area contributed by atoms with Crippen LogP contribution in [0.25, 0.3) is 22.0 Å². The first-order chi connectivity index (χ1) is 22.6. The Morgan fingerprint density at radius 2 is 1.72 bits per heavy atom. The Morgan fingerprint density at radius 3 is 2.45 bits per heavy atom. The van der Waals surface area contributed by atoms with Crippen molar-refractivity contribution in [1.82, 2.24) is 14.4 Å². The number of rotatable bonds is 10. The molecule has 0 N–H and O–H groups in total. The number of aromatic nitrogens is 1. The van der Waals surface area contributed by atoms with E-state index < -0.39 is 11.5 Å². The van der Waals surface area contributed by atoms with Crippen molar-refractivity contribution in [3.63, 3.8) is 0 Å². The average Bonchev–Trinajstić information content (AvgIpc) is 3.85. The average molecular weight is 640 g/mol. The third-order valence-corrected chi connectivity index (χ3v) is 9.30. The van der Waals surface area contributed by atoms with E-state index in [1.165, 1.54) is 12.1 Å². The van der Waals surface area contributed by atoms with E-state index in [2.05, 4.69) is 52.1 Å². The minimum absolute atomic E-state index is 0.0779. The molecule has 2 atom stereocenters. The van der Waals surface area contributed by atoms with Gasteiger partial charge in [-0.05, 0) is 92.8 Å². The number of piperidine rings is 1. The molecule has 2 aliphatic rings. The lowest BCUT2D eigenvalue weighted by atomic mass is 9.79. The van der Waals surface area contributed by atoms with E-state index in [1.807, 2.05) is 32.9 Å². The highest BCUT2D eigenvalue weighted by molar-refractivity contribution is 5.86. The van der Waals surface area contributed by atoms with Crippen molar-refractivity contribution >= 4 is 22.9 Å². The maximum Gasteiger partial charge on any atom is 0.410 e. The van der Waals surface area contributed by atoms with Crippen LogP contribution in [-0.2, 0) is 27.4 Å². The summed E-state index contributed by atoms with van der Waals surface area (Å²) in [6.45, 7) is 8.43. The lowest BCUT2D eigenvalue weighted by Gasteiger charge is -2.40. The first kappa shape index (κ1) is 32.8. The smallest absolute Gasteiger partial charge is 0.410 e. The molecule has 1 aliphatic carbocycles. The topological polar surface area (TPSA) is 64.0 Å². The van der Waals surface area contributed by atoms with Crippen LogP contribution in [-0.4, -0.2) is 64.8 Å². The summed E-state index contributed by atoms with van der Waals surface area (Å²) in [6, 6.07) is 23.3. The van der Waals surface area contributed by atoms with E-state index in [9.17, 15) is 14.0 Å². The SMILES string of the molecule is COCCCn1cc(CN(C(=O)C2CN(C(=O)OC(C)(C)C)CC[C@@H]2c2cccc(-c3ccc(F)cc3)c2)C2CC2)c2ccccc21. The molecule has 47 heavy (non-hydrogen) atoms. The molecule has 1 unspecified atom stereocenters. The maximum atomic E-state index is 14.8. The summed E-state index contributed by atoms with van der Waals surface area (Å²) in [6.07, 6.45) is 5.31. The van der Waals surface area contributed by atoms with Crippen LogP contribution in [0.3, 0.4) is 0 Å². The zero-order valence-electron chi connectivity index (χ0n) is 28.0. The van der Waals surface area contributed by atoms with E-state index in [0.29, 0.717) is 32.7 Å². The Morgan fingerprint density at radius 1 is 0.957 bits per heavy atom. The number of likely N-dealkylation sites (tertiary alicyclic amines) is 1. The molecule has 0 spiro atoms. The number of amides is 2. The van der Waals surface area contributed by atoms with Crippen LogP contribution in [0.4, 0.5) is 9.18 Å². The van der Waals surface area contributed by atoms with Crippen LogP contribution in [0.15, 0.2) is 79.0 Å². The van der Waals surface area contributed by atoms with Crippen LogP contribution in [0, 0.1) is 11.7 Å². The molecular formula is C39H46FN3O4. The standard InChI is InChI=1S/C39H46FN3O4/c1-39(2,3)47-38(45)42-21-19-33(29-10-7-9-28(23-29)27-13-15-31(40)16-14-27)35(26-42)37(44)43(32-17-18-32)25-30-24-41(20-8-22-46-4)36-12-6-5-11-34(30)36/h5-7,9-16,23-24,32-33,35H,8,17-22,25-26H2,1-4H3/t33-,35?/m1/s1. The molecular weight excluding hydrogens is 593 g/mol. The fraction of sp³-hybridized carbons (Fsp3) is 0.436. The summed E-state index contributed by atoms with van der Waals surface area (Å²) >= 11 is 0. The molecule has 2 heterocycles. The second-order valence-electron chi connectivity index (χ2n) is 14.0. The van der Waals surface area contributed by atoms with Gasteiger partial charge in [0.2, 0.25) is 5.91 Å². The second kappa shape index (κ2) is 13.9. The highest BCUT2D eigenvalue weighted by atomic mass is 19.1. The van der Waals surface area contributed by atoms with Crippen LogP contribution < -0.4 is 0 Å². The number of hydrogen-bond donors (Lipinski definition) is 0. The van der Waals surface area contributed by atoms with Gasteiger partial charge in [-0.15, -0.1) is 0 Å². The van der Waals surface area contributed by atoms with Gasteiger partial charge in [0.1, 0.15) is 11.4 Å². The summed E-state index contributed by atoms with van der Waals surface area (Å²) in [7, 11) is 1.72. The summed E-state index contributed by atoms with van der Waals surface area (Å²) in [5, 5.41) is 1.16. The van der Waals surface area contributed by atoms with Crippen LogP contribution in [0.5, 0.6) is 0 Å². The molecule has 248 valence electrons. The quantitative estimate of drug-likeness (QED) is 0.165. The summed E-state index contributed by atoms with van der Waals surface area (Å²) < 4.78 is 27.0. The molecule has 1 saturated carbocycles. The van der Waals surface area contributed by atoms with Gasteiger partial charge >= 0.3 is 6.09 Å². The van der Waals surface area contributed by atoms with Crippen LogP contribution in [0.2, 0.25) is 0 Å². The summed E-state index contributed by atoms with van der Waals surface area (Å²) in [5.41, 5.74) is 4.61. The van der Waals surface area contributed by atoms with Gasteiger partial charge in [0.05, 0.1) is 5.92 Å². The second-order valence-corrected chi connectivity index (χ2v) is 14.0. The highest BCUT2D eigenvalue weighted by Gasteiger charge is 2.43. The lowest BCUT2D eigenvalue weighted by Crippen LogP contribution is -2.51. The van der Waals surface area contributed by atoms with Crippen molar-refractivity contribution in [1.29, 1.82) is 0 Å². The van der Waals surface area contributed by atoms with Gasteiger partial charge in [0.25, 0.3) is 0 Å². The number of benzene rings is 3. The zero-order valence-corrected chi connectivity index (χ0v) is 28.0. The van der Waals surface area contributed by atoms with E-state index in [-0.39, 0.29) is 29.8 Å². The number of ether oxygens (including phenoxy) is 2. The summed E-state index contributed by atoms with van der Waals surface area (Å²) in [5.74, 6) is -0.717. The minimum Gasteiger partial charge on any atom is -0.444 e. The maximum absolute atomic E-state index is 14.8. The third kappa shape index (κ3) is 7.70. The van der Waals surface area contributed by atoms with E-state index in [0.717, 1.165) is 59.0 Å². The molecule has 6 rings (SSSR count). The predicted molar refractivity (Wildman–Crippen MR) is 182 cm³/mol. The molecule has 4 aromatic rings. The van der Waals surface area contributed by atoms with E-state index in [4.69, 9.17) is 9.47 Å². The van der Waals surface area contributed by atoms with Crippen molar-refractivity contribution in [3.05, 3.63) is 95.9 Å². The first-order valence-electron chi connectivity index (χ1n) is 16.8. The molecule has 2 amide bonds. The fourth-order valence-electron chi connectivity index (χ4n) is 6.87. The lowest BCUT2D eigenvalue weighted by molar-refractivity contribution is -0.139. The molecule has 0 bridgehead atoms. The van der Waals surface area contributed by atoms with Gasteiger partial charge in [-0.2, -0.15) is 0 Å². The normalized spacial score (nSPS) is 18.4. The molecule has 1 aliphatic heterocycles. The molecule has 1 saturated heterocycles. The Balaban J connectivity index is 1.32. The van der Waals surface area contributed by atoms with Crippen molar-refractivity contribution in [2.45, 2.75) is 77.1 Å². The fourth-order valence-corrected chi connectivity index (χ4v) is 6.87. The monoisotopic (exact) mass is 639 g/mol. The number of fused-ring (bicyclic) bond motifs is 1. The molecule has 8 heteroatoms. The Kier molecular flexibility index (Phi) is 9.69. The van der Waals surface area contributed by atoms with Crippen molar-refractivity contribution in [2.24, 2.45) is 5.92 Å². The molecule has 1 aromatic heterocycles. The minimum atomic E-state index is -0.631. The molecule has 3 aromatic carbocycles. The molecule has 7 nitrogen and oxygen atoms in total. The molecule has 0 radical (unpaired) electrons. The number of nitrogens with zero attached hydrogens (tertiary/aromatic N) is 3. The summed E-state index contributed by atoms with van der Waals surface area (Å²) in [4.78, 5) is 31.9. The van der Waals surface area contributed by atoms with Crippen LogP contribution >= 0.6 is 0 Å². The van der Waals surface area contributed by atoms with Gasteiger partial charge in [-0.1, -0.05) is 54.6 Å². The Hall–Kier alpha value is -4.17. The molecule has 2 fully saturated rings. The van der Waals surface area contributed by atoms with Gasteiger partial charge in [-0.3, -0.25) is 4.79 Å². The predicted octanol–water partition coefficient (Wildman–Crippen LogP) is 8.02. The number of para-hydroxylation sites is 1. The number of carbonyl (C=O) groups is 2. The largest absolute Gasteiger partial charge is 0.444 e. The van der Waals surface area contributed by atoms with Crippen molar-refractivity contribution in [3.8, 4) is 11.1 Å². The zero-order chi connectivity index (χ0) is 33.1. The number of halogens is 1. The number of hydrogen-bond acceptors (Lipinski definition) is 4. The third-order valence-electron chi connectivity index (χ3n) is 9.30. The van der Waals surface area contributed by atoms with Gasteiger partial charge < -0.3 is 23.8 Å². The Bertz CT molecular complexity index is 1710. The van der Waals surface area contributed by atoms with Crippen molar-refractivity contribution < 1.29 is 23.5 Å². The number of carbonyl (C=O) groups excluding carboxylic acids is 2. The first-order valence-corrected chi connectivity index (χ1v) is 16.8. The van der Waals surface area contributed by atoms with E-state index >= 15 is 0 Å². The van der Waals surface area contributed by atoms with Crippen LogP contribution in [0.1, 0.15) is 63.5 Å².